The van der Waals surface area contributed by atoms with Gasteiger partial charge in [0.25, 0.3) is 0 Å². The van der Waals surface area contributed by atoms with E-state index in [0.717, 1.165) is 23.3 Å². The third kappa shape index (κ3) is 3.75. The van der Waals surface area contributed by atoms with Crippen LogP contribution in [0, 0.1) is 0 Å². The molecule has 0 unspecified atom stereocenters. The second kappa shape index (κ2) is 5.69. The lowest BCUT2D eigenvalue weighted by atomic mass is 9.90. The number of hydrogen-bond donors (Lipinski definition) is 1. The maximum Gasteiger partial charge on any atom is 0.118 e. The first-order valence-corrected chi connectivity index (χ1v) is 5.67. The van der Waals surface area contributed by atoms with E-state index < -0.39 is 5.60 Å². The summed E-state index contributed by atoms with van der Waals surface area (Å²) in [7, 11) is 1.64. The van der Waals surface area contributed by atoms with Crippen LogP contribution >= 0.6 is 0 Å². The molecule has 0 aromatic heterocycles. The van der Waals surface area contributed by atoms with Crippen molar-refractivity contribution in [3.63, 3.8) is 0 Å². The highest BCUT2D eigenvalue weighted by Crippen LogP contribution is 2.28. The Morgan fingerprint density at radius 3 is 2.35 bits per heavy atom. The molecule has 17 heavy (non-hydrogen) atoms. The lowest BCUT2D eigenvalue weighted by Gasteiger charge is -2.22. The Morgan fingerprint density at radius 2 is 1.94 bits per heavy atom. The number of hydrogen-bond acceptors (Lipinski definition) is 2. The Hall–Kier alpha value is -1.54. The summed E-state index contributed by atoms with van der Waals surface area (Å²) in [6.45, 7) is 7.26. The summed E-state index contributed by atoms with van der Waals surface area (Å²) in [6.07, 6.45) is 4.55. The second-order valence-corrected chi connectivity index (χ2v) is 4.43. The number of methoxy groups -OCH3 is 1. The third-order valence-corrected chi connectivity index (χ3v) is 2.55. The molecule has 0 aliphatic carbocycles. The van der Waals surface area contributed by atoms with E-state index in [0.29, 0.717) is 0 Å². The lowest BCUT2D eigenvalue weighted by Crippen LogP contribution is -2.20. The second-order valence-electron chi connectivity index (χ2n) is 4.43. The van der Waals surface area contributed by atoms with Gasteiger partial charge in [-0.3, -0.25) is 0 Å². The highest BCUT2D eigenvalue weighted by atomic mass is 16.5. The van der Waals surface area contributed by atoms with Gasteiger partial charge in [-0.1, -0.05) is 24.3 Å². The van der Waals surface area contributed by atoms with Gasteiger partial charge in [0.2, 0.25) is 0 Å². The summed E-state index contributed by atoms with van der Waals surface area (Å²) in [6, 6.07) is 7.68. The van der Waals surface area contributed by atoms with Gasteiger partial charge in [0.1, 0.15) is 5.75 Å². The molecular formula is C15H20O2. The molecule has 2 heteroatoms. The molecule has 2 nitrogen and oxygen atoms in total. The molecule has 1 rings (SSSR count). The predicted octanol–water partition coefficient (Wildman–Crippen LogP) is 3.43. The van der Waals surface area contributed by atoms with Gasteiger partial charge in [-0.15, -0.1) is 6.58 Å². The van der Waals surface area contributed by atoms with Crippen LogP contribution in [0.2, 0.25) is 0 Å². The highest BCUT2D eigenvalue weighted by Gasteiger charge is 2.20. The SMILES string of the molecule is C=CC/C=C(/c1ccc(OC)cc1)C(C)(C)O. The molecule has 0 heterocycles. The minimum Gasteiger partial charge on any atom is -0.497 e. The first-order chi connectivity index (χ1) is 7.99. The van der Waals surface area contributed by atoms with Crippen LogP contribution in [0.15, 0.2) is 43.0 Å². The molecule has 92 valence electrons. The van der Waals surface area contributed by atoms with E-state index >= 15 is 0 Å². The zero-order valence-corrected chi connectivity index (χ0v) is 10.7. The maximum absolute atomic E-state index is 10.2. The van der Waals surface area contributed by atoms with Crippen LogP contribution in [0.3, 0.4) is 0 Å². The number of allylic oxidation sites excluding steroid dienone is 2. The average molecular weight is 232 g/mol. The minimum atomic E-state index is -0.863. The Kier molecular flexibility index (Phi) is 4.53. The van der Waals surface area contributed by atoms with E-state index in [1.807, 2.05) is 36.4 Å². The Bertz CT molecular complexity index is 394. The maximum atomic E-state index is 10.2. The standard InChI is InChI=1S/C15H20O2/c1-5-6-7-14(15(2,3)16)12-8-10-13(17-4)11-9-12/h5,7-11,16H,1,6H2,2-4H3/b14-7-. The van der Waals surface area contributed by atoms with E-state index in [-0.39, 0.29) is 0 Å². The molecule has 0 saturated carbocycles. The van der Waals surface area contributed by atoms with Crippen molar-refractivity contribution in [3.8, 4) is 5.75 Å². The fourth-order valence-corrected chi connectivity index (χ4v) is 1.69. The summed E-state index contributed by atoms with van der Waals surface area (Å²) in [4.78, 5) is 0. The minimum absolute atomic E-state index is 0.741. The van der Waals surface area contributed by atoms with Crippen molar-refractivity contribution in [2.45, 2.75) is 25.9 Å². The summed E-state index contributed by atoms with van der Waals surface area (Å²) in [5.41, 5.74) is 1.04. The van der Waals surface area contributed by atoms with Gasteiger partial charge >= 0.3 is 0 Å². The van der Waals surface area contributed by atoms with Crippen molar-refractivity contribution < 1.29 is 9.84 Å². The smallest absolute Gasteiger partial charge is 0.118 e. The summed E-state index contributed by atoms with van der Waals surface area (Å²) in [5, 5.41) is 10.2. The molecule has 1 N–H and O–H groups in total. The Balaban J connectivity index is 3.09. The largest absolute Gasteiger partial charge is 0.497 e. The molecule has 1 aromatic rings. The normalized spacial score (nSPS) is 12.4. The van der Waals surface area contributed by atoms with Gasteiger partial charge in [-0.2, -0.15) is 0 Å². The lowest BCUT2D eigenvalue weighted by molar-refractivity contribution is 0.143. The first-order valence-electron chi connectivity index (χ1n) is 5.67. The highest BCUT2D eigenvalue weighted by molar-refractivity contribution is 5.71. The van der Waals surface area contributed by atoms with Crippen molar-refractivity contribution in [1.29, 1.82) is 0 Å². The van der Waals surface area contributed by atoms with Gasteiger partial charge in [0.15, 0.2) is 0 Å². The van der Waals surface area contributed by atoms with Crippen LogP contribution in [0.25, 0.3) is 5.57 Å². The predicted molar refractivity (Wildman–Crippen MR) is 72.1 cm³/mol. The van der Waals surface area contributed by atoms with E-state index in [1.165, 1.54) is 0 Å². The monoisotopic (exact) mass is 232 g/mol. The van der Waals surface area contributed by atoms with Gasteiger partial charge in [-0.25, -0.2) is 0 Å². The molecule has 0 radical (unpaired) electrons. The Morgan fingerprint density at radius 1 is 1.35 bits per heavy atom. The molecule has 0 aliphatic rings. The molecule has 0 amide bonds. The summed E-state index contributed by atoms with van der Waals surface area (Å²) in [5.74, 6) is 0.813. The Labute approximate surface area is 103 Å². The van der Waals surface area contributed by atoms with E-state index in [4.69, 9.17) is 4.74 Å². The molecule has 0 aliphatic heterocycles. The van der Waals surface area contributed by atoms with Crippen LogP contribution in [-0.2, 0) is 0 Å². The molecule has 0 bridgehead atoms. The van der Waals surface area contributed by atoms with E-state index in [9.17, 15) is 5.11 Å². The third-order valence-electron chi connectivity index (χ3n) is 2.55. The fourth-order valence-electron chi connectivity index (χ4n) is 1.69. The summed E-state index contributed by atoms with van der Waals surface area (Å²) >= 11 is 0. The zero-order chi connectivity index (χ0) is 12.9. The molecule has 0 atom stereocenters. The summed E-state index contributed by atoms with van der Waals surface area (Å²) < 4.78 is 5.12. The molecule has 1 aromatic carbocycles. The van der Waals surface area contributed by atoms with Crippen molar-refractivity contribution in [3.05, 3.63) is 48.6 Å². The molecule has 0 fully saturated rings. The number of aliphatic hydroxyl groups is 1. The van der Waals surface area contributed by atoms with Crippen molar-refractivity contribution in [1.82, 2.24) is 0 Å². The van der Waals surface area contributed by atoms with Crippen LogP contribution < -0.4 is 4.74 Å². The van der Waals surface area contributed by atoms with Crippen molar-refractivity contribution in [2.75, 3.05) is 7.11 Å². The molecule has 0 spiro atoms. The van der Waals surface area contributed by atoms with Crippen molar-refractivity contribution in [2.24, 2.45) is 0 Å². The average Bonchev–Trinajstić information content (AvgIpc) is 2.29. The first kappa shape index (κ1) is 13.5. The van der Waals surface area contributed by atoms with Crippen LogP contribution in [0.4, 0.5) is 0 Å². The van der Waals surface area contributed by atoms with Gasteiger partial charge in [0.05, 0.1) is 12.7 Å². The number of benzene rings is 1. The van der Waals surface area contributed by atoms with Gasteiger partial charge in [-0.05, 0) is 43.5 Å². The van der Waals surface area contributed by atoms with Crippen molar-refractivity contribution >= 4 is 5.57 Å². The number of ether oxygens (including phenoxy) is 1. The van der Waals surface area contributed by atoms with E-state index in [2.05, 4.69) is 6.58 Å². The fraction of sp³-hybridized carbons (Fsp3) is 0.333. The topological polar surface area (TPSA) is 29.5 Å². The zero-order valence-electron chi connectivity index (χ0n) is 10.7. The molecule has 0 saturated heterocycles. The van der Waals surface area contributed by atoms with E-state index in [1.54, 1.807) is 21.0 Å². The van der Waals surface area contributed by atoms with Crippen LogP contribution in [0.5, 0.6) is 5.75 Å². The number of rotatable bonds is 5. The van der Waals surface area contributed by atoms with Crippen LogP contribution in [-0.4, -0.2) is 17.8 Å². The van der Waals surface area contributed by atoms with Gasteiger partial charge < -0.3 is 9.84 Å². The van der Waals surface area contributed by atoms with Crippen LogP contribution in [0.1, 0.15) is 25.8 Å². The van der Waals surface area contributed by atoms with Gasteiger partial charge in [0, 0.05) is 0 Å². The quantitative estimate of drug-likeness (QED) is 0.788. The molecular weight excluding hydrogens is 212 g/mol.